The molecule has 0 saturated carbocycles. The van der Waals surface area contributed by atoms with Gasteiger partial charge in [-0.05, 0) is 0 Å². The molecule has 0 bridgehead atoms. The van der Waals surface area contributed by atoms with Gasteiger partial charge in [0.25, 0.3) is 0 Å². The molecule has 14 heavy (non-hydrogen) atoms. The van der Waals surface area contributed by atoms with Gasteiger partial charge in [-0.3, -0.25) is 4.84 Å². The molecular formula is C8H9ClFNO3. The number of hydrogen-bond donors (Lipinski definition) is 2. The molecule has 0 atom stereocenters. The van der Waals surface area contributed by atoms with Gasteiger partial charge < -0.3 is 9.84 Å². The van der Waals surface area contributed by atoms with E-state index in [1.807, 2.05) is 0 Å². The third kappa shape index (κ3) is 1.89. The number of aromatic hydroxyl groups is 1. The average Bonchev–Trinajstić information content (AvgIpc) is 2.14. The topological polar surface area (TPSA) is 64.7 Å². The van der Waals surface area contributed by atoms with Gasteiger partial charge >= 0.3 is 0 Å². The molecular weight excluding hydrogens is 213 g/mol. The van der Waals surface area contributed by atoms with Crippen LogP contribution in [0.5, 0.6) is 11.5 Å². The van der Waals surface area contributed by atoms with E-state index in [-0.39, 0.29) is 28.7 Å². The maximum atomic E-state index is 13.4. The molecule has 1 aromatic rings. The Labute approximate surface area is 84.9 Å². The van der Waals surface area contributed by atoms with Crippen molar-refractivity contribution in [3.05, 3.63) is 22.5 Å². The SMILES string of the molecule is COc1c(O)cc(Cl)c(F)c1CON. The molecule has 0 aromatic heterocycles. The van der Waals surface area contributed by atoms with Crippen LogP contribution in [0.15, 0.2) is 6.07 Å². The van der Waals surface area contributed by atoms with Gasteiger partial charge in [-0.25, -0.2) is 10.3 Å². The van der Waals surface area contributed by atoms with Gasteiger partial charge in [-0.2, -0.15) is 0 Å². The van der Waals surface area contributed by atoms with E-state index in [1.54, 1.807) is 0 Å². The predicted octanol–water partition coefficient (Wildman–Crippen LogP) is 1.58. The molecule has 6 heteroatoms. The van der Waals surface area contributed by atoms with Crippen LogP contribution in [-0.2, 0) is 11.4 Å². The summed E-state index contributed by atoms with van der Waals surface area (Å²) in [6.07, 6.45) is 0. The van der Waals surface area contributed by atoms with Gasteiger partial charge in [0.1, 0.15) is 0 Å². The molecule has 0 fully saturated rings. The summed E-state index contributed by atoms with van der Waals surface area (Å²) in [6, 6.07) is 1.05. The summed E-state index contributed by atoms with van der Waals surface area (Å²) in [6.45, 7) is -0.233. The van der Waals surface area contributed by atoms with E-state index in [0.717, 1.165) is 6.07 Å². The number of ether oxygens (including phenoxy) is 1. The van der Waals surface area contributed by atoms with Crippen molar-refractivity contribution in [1.82, 2.24) is 0 Å². The van der Waals surface area contributed by atoms with Crippen LogP contribution in [0, 0.1) is 5.82 Å². The summed E-state index contributed by atoms with van der Waals surface area (Å²) in [5.41, 5.74) is -0.0139. The summed E-state index contributed by atoms with van der Waals surface area (Å²) in [4.78, 5) is 4.27. The first-order valence-electron chi connectivity index (χ1n) is 3.67. The van der Waals surface area contributed by atoms with E-state index >= 15 is 0 Å². The second-order valence-electron chi connectivity index (χ2n) is 2.51. The number of rotatable bonds is 3. The molecule has 0 spiro atoms. The van der Waals surface area contributed by atoms with Crippen LogP contribution in [0.3, 0.4) is 0 Å². The molecule has 0 aliphatic carbocycles. The first kappa shape index (κ1) is 11.0. The van der Waals surface area contributed by atoms with Crippen LogP contribution >= 0.6 is 11.6 Å². The third-order valence-electron chi connectivity index (χ3n) is 1.68. The van der Waals surface area contributed by atoms with E-state index in [4.69, 9.17) is 22.2 Å². The number of hydrogen-bond acceptors (Lipinski definition) is 4. The highest BCUT2D eigenvalue weighted by Gasteiger charge is 2.17. The van der Waals surface area contributed by atoms with Gasteiger partial charge in [0, 0.05) is 6.07 Å². The van der Waals surface area contributed by atoms with Crippen molar-refractivity contribution >= 4 is 11.6 Å². The Kier molecular flexibility index (Phi) is 3.51. The number of benzene rings is 1. The van der Waals surface area contributed by atoms with Crippen molar-refractivity contribution in [2.75, 3.05) is 7.11 Å². The van der Waals surface area contributed by atoms with Gasteiger partial charge in [0.15, 0.2) is 17.3 Å². The smallest absolute Gasteiger partial charge is 0.169 e. The summed E-state index contributed by atoms with van der Waals surface area (Å²) in [7, 11) is 1.29. The molecule has 0 saturated heterocycles. The predicted molar refractivity (Wildman–Crippen MR) is 48.6 cm³/mol. The number of phenolic OH excluding ortho intramolecular Hbond substituents is 1. The van der Waals surface area contributed by atoms with Crippen LogP contribution < -0.4 is 10.6 Å². The minimum absolute atomic E-state index is 0.0139. The Bertz CT molecular complexity index is 346. The lowest BCUT2D eigenvalue weighted by atomic mass is 10.2. The largest absolute Gasteiger partial charge is 0.504 e. The van der Waals surface area contributed by atoms with Gasteiger partial charge in [0.05, 0.1) is 24.3 Å². The van der Waals surface area contributed by atoms with Crippen molar-refractivity contribution < 1.29 is 19.1 Å². The Hall–Kier alpha value is -1.04. The zero-order valence-corrected chi connectivity index (χ0v) is 8.14. The van der Waals surface area contributed by atoms with Gasteiger partial charge in [-0.1, -0.05) is 11.6 Å². The van der Waals surface area contributed by atoms with Crippen LogP contribution in [0.25, 0.3) is 0 Å². The van der Waals surface area contributed by atoms with Crippen molar-refractivity contribution in [2.24, 2.45) is 5.90 Å². The van der Waals surface area contributed by atoms with Crippen molar-refractivity contribution in [1.29, 1.82) is 0 Å². The standard InChI is InChI=1S/C8H9ClFNO3/c1-13-8-4(3-14-11)7(10)5(9)2-6(8)12/h2,12H,3,11H2,1H3. The van der Waals surface area contributed by atoms with E-state index in [0.29, 0.717) is 0 Å². The first-order valence-corrected chi connectivity index (χ1v) is 4.05. The van der Waals surface area contributed by atoms with Gasteiger partial charge in [0.2, 0.25) is 0 Å². The van der Waals surface area contributed by atoms with E-state index < -0.39 is 5.82 Å². The number of nitrogens with two attached hydrogens (primary N) is 1. The molecule has 3 N–H and O–H groups in total. The fraction of sp³-hybridized carbons (Fsp3) is 0.250. The monoisotopic (exact) mass is 221 g/mol. The van der Waals surface area contributed by atoms with Crippen molar-refractivity contribution in [3.63, 3.8) is 0 Å². The second kappa shape index (κ2) is 4.45. The highest BCUT2D eigenvalue weighted by Crippen LogP contribution is 2.36. The molecule has 4 nitrogen and oxygen atoms in total. The van der Waals surface area contributed by atoms with Crippen LogP contribution in [0.2, 0.25) is 5.02 Å². The van der Waals surface area contributed by atoms with Crippen LogP contribution in [-0.4, -0.2) is 12.2 Å². The van der Waals surface area contributed by atoms with Crippen molar-refractivity contribution in [2.45, 2.75) is 6.61 Å². The quantitative estimate of drug-likeness (QED) is 0.761. The number of methoxy groups -OCH3 is 1. The van der Waals surface area contributed by atoms with Crippen molar-refractivity contribution in [3.8, 4) is 11.5 Å². The fourth-order valence-corrected chi connectivity index (χ4v) is 1.30. The highest BCUT2D eigenvalue weighted by molar-refractivity contribution is 6.31. The molecule has 0 aliphatic heterocycles. The lowest BCUT2D eigenvalue weighted by Crippen LogP contribution is -2.04. The number of halogens is 2. The normalized spacial score (nSPS) is 10.3. The molecule has 1 aromatic carbocycles. The second-order valence-corrected chi connectivity index (χ2v) is 2.92. The third-order valence-corrected chi connectivity index (χ3v) is 1.95. The van der Waals surface area contributed by atoms with Gasteiger partial charge in [-0.15, -0.1) is 0 Å². The van der Waals surface area contributed by atoms with E-state index in [9.17, 15) is 9.50 Å². The Morgan fingerprint density at radius 1 is 1.64 bits per heavy atom. The maximum Gasteiger partial charge on any atom is 0.169 e. The lowest BCUT2D eigenvalue weighted by molar-refractivity contribution is 0.119. The fourth-order valence-electron chi connectivity index (χ4n) is 1.09. The van der Waals surface area contributed by atoms with Crippen LogP contribution in [0.4, 0.5) is 4.39 Å². The maximum absolute atomic E-state index is 13.4. The van der Waals surface area contributed by atoms with Crippen LogP contribution in [0.1, 0.15) is 5.56 Å². The average molecular weight is 222 g/mol. The Balaban J connectivity index is 3.32. The molecule has 0 heterocycles. The summed E-state index contributed by atoms with van der Waals surface area (Å²) >= 11 is 5.50. The number of phenols is 1. The highest BCUT2D eigenvalue weighted by atomic mass is 35.5. The summed E-state index contributed by atoms with van der Waals surface area (Å²) in [5.74, 6) is 3.80. The minimum atomic E-state index is -0.716. The first-order chi connectivity index (χ1) is 6.61. The summed E-state index contributed by atoms with van der Waals surface area (Å²) < 4.78 is 18.1. The zero-order chi connectivity index (χ0) is 10.7. The zero-order valence-electron chi connectivity index (χ0n) is 7.38. The Morgan fingerprint density at radius 3 is 2.79 bits per heavy atom. The Morgan fingerprint density at radius 2 is 2.29 bits per heavy atom. The molecule has 78 valence electrons. The molecule has 0 amide bonds. The molecule has 0 aliphatic rings. The summed E-state index contributed by atoms with van der Waals surface area (Å²) in [5, 5.41) is 9.14. The molecule has 0 unspecified atom stereocenters. The van der Waals surface area contributed by atoms with E-state index in [1.165, 1.54) is 7.11 Å². The minimum Gasteiger partial charge on any atom is -0.504 e. The molecule has 0 radical (unpaired) electrons. The lowest BCUT2D eigenvalue weighted by Gasteiger charge is -2.11. The van der Waals surface area contributed by atoms with E-state index in [2.05, 4.69) is 4.84 Å². The molecule has 1 rings (SSSR count).